The number of carbonyl (C=O) groups excluding carboxylic acids is 4. The molecule has 2 aliphatic rings. The van der Waals surface area contributed by atoms with Crippen LogP contribution in [0.5, 0.6) is 0 Å². The number of anilines is 2. The van der Waals surface area contributed by atoms with Crippen LogP contribution in [0, 0.1) is 0 Å². The first-order valence-corrected chi connectivity index (χ1v) is 20.5. The summed E-state index contributed by atoms with van der Waals surface area (Å²) in [5.74, 6) is -3.35. The number of ether oxygens (including phenoxy) is 3. The third-order valence-corrected chi connectivity index (χ3v) is 10.3. The summed E-state index contributed by atoms with van der Waals surface area (Å²) in [4.78, 5) is 65.3. The highest BCUT2D eigenvalue weighted by Gasteiger charge is 2.51. The Morgan fingerprint density at radius 2 is 1.34 bits per heavy atom. The van der Waals surface area contributed by atoms with E-state index in [9.17, 15) is 75.8 Å². The Morgan fingerprint density at radius 1 is 0.769 bits per heavy atom. The van der Waals surface area contributed by atoms with E-state index in [2.05, 4.69) is 31.9 Å². The Bertz CT molecular complexity index is 1930. The number of hydrogen-bond acceptors (Lipinski definition) is 12. The SMILES string of the molecule is CCCCCCCC(=O)N[C@@H](CC(=O)O)C(=O)N[C@@H]1[C@H](O[C@@H]2O[C@H](CO)[C@@H](O)[C@H](O)[C@H]2NC(=O)Nc2cccc(C(F)(F)F)c2)[C@@H](NC(=O)Nc2cccc(C(F)(F)F)c2)CO[C@@H]1CO. The van der Waals surface area contributed by atoms with Crippen molar-refractivity contribution >= 4 is 41.2 Å². The number of urea groups is 2. The van der Waals surface area contributed by atoms with Gasteiger partial charge in [-0.25, -0.2) is 9.59 Å². The number of hydrogen-bond donors (Lipinski definition) is 11. The molecule has 2 aliphatic heterocycles. The van der Waals surface area contributed by atoms with E-state index >= 15 is 0 Å². The number of nitrogens with one attached hydrogen (secondary N) is 6. The summed E-state index contributed by atoms with van der Waals surface area (Å²) >= 11 is 0. The van der Waals surface area contributed by atoms with E-state index in [1.807, 2.05) is 6.92 Å². The summed E-state index contributed by atoms with van der Waals surface area (Å²) in [6.45, 7) is -0.492. The minimum Gasteiger partial charge on any atom is -0.481 e. The van der Waals surface area contributed by atoms with E-state index in [1.54, 1.807) is 0 Å². The van der Waals surface area contributed by atoms with Crippen molar-refractivity contribution in [1.29, 1.82) is 0 Å². The number of aliphatic carboxylic acids is 1. The van der Waals surface area contributed by atoms with Gasteiger partial charge < -0.3 is 71.6 Å². The van der Waals surface area contributed by atoms with Gasteiger partial charge in [0.15, 0.2) is 6.29 Å². The lowest BCUT2D eigenvalue weighted by molar-refractivity contribution is -0.293. The zero-order chi connectivity index (χ0) is 48.1. The van der Waals surface area contributed by atoms with Gasteiger partial charge in [-0.05, 0) is 42.8 Å². The van der Waals surface area contributed by atoms with Crippen LogP contribution in [0.2, 0.25) is 0 Å². The minimum absolute atomic E-state index is 0.0629. The zero-order valence-electron chi connectivity index (χ0n) is 34.7. The number of carboxylic acid groups (broad SMARTS) is 1. The highest BCUT2D eigenvalue weighted by atomic mass is 19.4. The van der Waals surface area contributed by atoms with E-state index < -0.39 is 141 Å². The first-order chi connectivity index (χ1) is 30.6. The molecule has 10 atom stereocenters. The molecule has 0 spiro atoms. The molecule has 0 bridgehead atoms. The molecule has 0 unspecified atom stereocenters. The van der Waals surface area contributed by atoms with E-state index in [4.69, 9.17) is 14.2 Å². The maximum Gasteiger partial charge on any atom is 0.416 e. The van der Waals surface area contributed by atoms with Crippen molar-refractivity contribution in [2.24, 2.45) is 0 Å². The summed E-state index contributed by atoms with van der Waals surface area (Å²) in [5, 5.41) is 65.9. The Balaban J connectivity index is 1.69. The molecule has 0 radical (unpaired) electrons. The lowest BCUT2D eigenvalue weighted by Crippen LogP contribution is -2.71. The van der Waals surface area contributed by atoms with Crippen LogP contribution in [0.25, 0.3) is 0 Å². The lowest BCUT2D eigenvalue weighted by atomic mass is 9.93. The number of carboxylic acids is 1. The van der Waals surface area contributed by atoms with Crippen molar-refractivity contribution in [3.8, 4) is 0 Å². The van der Waals surface area contributed by atoms with Crippen molar-refractivity contribution in [2.45, 2.75) is 125 Å². The molecule has 2 fully saturated rings. The third kappa shape index (κ3) is 15.4. The van der Waals surface area contributed by atoms with Gasteiger partial charge in [-0.2, -0.15) is 26.3 Å². The second-order valence-corrected chi connectivity index (χ2v) is 15.3. The summed E-state index contributed by atoms with van der Waals surface area (Å²) in [7, 11) is 0. The Labute approximate surface area is 367 Å². The fraction of sp³-hybridized carbons (Fsp3) is 0.575. The minimum atomic E-state index is -4.80. The molecule has 0 aromatic heterocycles. The predicted molar refractivity (Wildman–Crippen MR) is 214 cm³/mol. The number of aliphatic hydroxyl groups excluding tert-OH is 4. The van der Waals surface area contributed by atoms with Gasteiger partial charge in [-0.3, -0.25) is 14.4 Å². The van der Waals surface area contributed by atoms with Crippen LogP contribution < -0.4 is 31.9 Å². The van der Waals surface area contributed by atoms with E-state index in [0.717, 1.165) is 55.7 Å². The maximum atomic E-state index is 13.9. The number of alkyl halides is 6. The molecule has 362 valence electrons. The predicted octanol–water partition coefficient (Wildman–Crippen LogP) is 2.42. The number of carbonyl (C=O) groups is 5. The van der Waals surface area contributed by atoms with Crippen LogP contribution in [-0.2, 0) is 40.9 Å². The first-order valence-electron chi connectivity index (χ1n) is 20.5. The molecule has 11 N–H and O–H groups in total. The Morgan fingerprint density at radius 3 is 1.88 bits per heavy atom. The highest BCUT2D eigenvalue weighted by molar-refractivity contribution is 5.91. The average molecular weight is 939 g/mol. The average Bonchev–Trinajstić information content (AvgIpc) is 3.23. The van der Waals surface area contributed by atoms with Crippen LogP contribution >= 0.6 is 0 Å². The number of halogens is 6. The standard InChI is InChI=1S/C40H52F6N6O13/c1-2-3-4-5-6-13-28(55)49-24(16-29(56)57)35(60)51-30-26(17-53)63-19-25(50-37(61)47-22-11-7-9-20(14-22)39(41,42)43)34(30)65-36-31(33(59)32(58)27(18-54)64-36)52-38(62)48-23-12-8-10-21(15-23)40(44,45)46/h7-12,14-15,24-27,30-34,36,53-54,58-59H,2-6,13,16-19H2,1H3,(H,49,55)(H,51,60)(H,56,57)(H2,47,50,61)(H2,48,52,62)/t24-,25-,26+,27+,30-,31+,32+,33+,34+,36-/m0/s1. The monoisotopic (exact) mass is 938 g/mol. The van der Waals surface area contributed by atoms with E-state index in [1.165, 1.54) is 0 Å². The number of unbranched alkanes of at least 4 members (excludes halogenated alkanes) is 4. The maximum absolute atomic E-state index is 13.9. The summed E-state index contributed by atoms with van der Waals surface area (Å²) in [6, 6.07) is -2.36. The van der Waals surface area contributed by atoms with Crippen LogP contribution in [0.4, 0.5) is 47.3 Å². The van der Waals surface area contributed by atoms with Gasteiger partial charge in [0.2, 0.25) is 11.8 Å². The zero-order valence-corrected chi connectivity index (χ0v) is 34.7. The number of amides is 6. The van der Waals surface area contributed by atoms with Gasteiger partial charge in [0.1, 0.15) is 42.6 Å². The molecule has 65 heavy (non-hydrogen) atoms. The molecule has 6 amide bonds. The Kier molecular flexibility index (Phi) is 19.1. The van der Waals surface area contributed by atoms with Gasteiger partial charge in [-0.15, -0.1) is 0 Å². The van der Waals surface area contributed by atoms with Crippen molar-refractivity contribution in [3.05, 3.63) is 59.7 Å². The third-order valence-electron chi connectivity index (χ3n) is 10.3. The molecule has 19 nitrogen and oxygen atoms in total. The van der Waals surface area contributed by atoms with Gasteiger partial charge in [0.25, 0.3) is 0 Å². The second kappa shape index (κ2) is 23.7. The molecular formula is C40H52F6N6O13. The molecule has 2 heterocycles. The topological polar surface area (TPSA) is 286 Å². The second-order valence-electron chi connectivity index (χ2n) is 15.3. The van der Waals surface area contributed by atoms with E-state index in [0.29, 0.717) is 25.0 Å². The molecule has 2 aromatic carbocycles. The van der Waals surface area contributed by atoms with Crippen molar-refractivity contribution in [1.82, 2.24) is 21.3 Å². The number of rotatable bonds is 19. The Hall–Kier alpha value is -5.31. The quantitative estimate of drug-likeness (QED) is 0.0714. The summed E-state index contributed by atoms with van der Waals surface area (Å²) in [6.07, 6.45) is -17.8. The van der Waals surface area contributed by atoms with Crippen molar-refractivity contribution in [2.75, 3.05) is 30.5 Å². The van der Waals surface area contributed by atoms with Gasteiger partial charge in [-0.1, -0.05) is 44.7 Å². The lowest BCUT2D eigenvalue weighted by Gasteiger charge is -2.47. The number of benzene rings is 2. The smallest absolute Gasteiger partial charge is 0.416 e. The normalized spacial score (nSPS) is 25.1. The van der Waals surface area contributed by atoms with Crippen LogP contribution in [0.1, 0.15) is 63.0 Å². The molecule has 0 aliphatic carbocycles. The molecule has 2 aromatic rings. The largest absolute Gasteiger partial charge is 0.481 e. The van der Waals surface area contributed by atoms with Crippen LogP contribution in [-0.4, -0.2) is 136 Å². The molecule has 4 rings (SSSR count). The van der Waals surface area contributed by atoms with Gasteiger partial charge in [0.05, 0.1) is 49.5 Å². The fourth-order valence-electron chi connectivity index (χ4n) is 7.04. The molecular weight excluding hydrogens is 886 g/mol. The van der Waals surface area contributed by atoms with Gasteiger partial charge >= 0.3 is 30.4 Å². The molecule has 2 saturated heterocycles. The summed E-state index contributed by atoms with van der Waals surface area (Å²) < 4.78 is 98.1. The first kappa shape index (κ1) is 52.3. The van der Waals surface area contributed by atoms with Crippen LogP contribution in [0.15, 0.2) is 48.5 Å². The molecule has 0 saturated carbocycles. The number of aliphatic hydroxyl groups is 4. The van der Waals surface area contributed by atoms with Gasteiger partial charge in [0, 0.05) is 17.8 Å². The fourth-order valence-corrected chi connectivity index (χ4v) is 7.04. The molecule has 25 heteroatoms. The summed E-state index contributed by atoms with van der Waals surface area (Å²) in [5.41, 5.74) is -2.96. The van der Waals surface area contributed by atoms with Crippen LogP contribution in [0.3, 0.4) is 0 Å². The van der Waals surface area contributed by atoms with Crippen molar-refractivity contribution in [3.63, 3.8) is 0 Å². The highest BCUT2D eigenvalue weighted by Crippen LogP contribution is 2.33. The van der Waals surface area contributed by atoms with Crippen molar-refractivity contribution < 1.29 is 90.1 Å². The van der Waals surface area contributed by atoms with E-state index in [-0.39, 0.29) is 17.8 Å².